The third-order valence-electron chi connectivity index (χ3n) is 4.05. The van der Waals surface area contributed by atoms with E-state index in [0.29, 0.717) is 16.4 Å². The topological polar surface area (TPSA) is 76.4 Å². The van der Waals surface area contributed by atoms with Crippen LogP contribution in [0.4, 0.5) is 5.69 Å². The van der Waals surface area contributed by atoms with Gasteiger partial charge in [-0.15, -0.1) is 10.2 Å². The van der Waals surface area contributed by atoms with Crippen molar-refractivity contribution in [1.82, 2.24) is 14.6 Å². The Morgan fingerprint density at radius 1 is 1.11 bits per heavy atom. The third kappa shape index (κ3) is 3.45. The largest absolute Gasteiger partial charge is 0.326 e. The van der Waals surface area contributed by atoms with E-state index in [-0.39, 0.29) is 16.9 Å². The Morgan fingerprint density at radius 3 is 2.59 bits per heavy atom. The minimum absolute atomic E-state index is 0.00524. The Kier molecular flexibility index (Phi) is 4.67. The van der Waals surface area contributed by atoms with Gasteiger partial charge in [-0.1, -0.05) is 35.2 Å². The molecule has 4 rings (SSSR count). The van der Waals surface area contributed by atoms with Crippen LogP contribution >= 0.6 is 23.1 Å². The number of amides is 1. The van der Waals surface area contributed by atoms with Gasteiger partial charge in [-0.25, -0.2) is 0 Å². The van der Waals surface area contributed by atoms with E-state index >= 15 is 0 Å². The molecule has 2 heterocycles. The molecule has 1 atom stereocenters. The monoisotopic (exact) mass is 396 g/mol. The Bertz CT molecular complexity index is 1150. The summed E-state index contributed by atoms with van der Waals surface area (Å²) in [4.78, 5) is 24.7. The molecule has 2 aromatic heterocycles. The predicted octanol–water partition coefficient (Wildman–Crippen LogP) is 4.27. The Morgan fingerprint density at radius 2 is 1.85 bits per heavy atom. The first-order valence-corrected chi connectivity index (χ1v) is 10.0. The molecule has 0 radical (unpaired) electrons. The lowest BCUT2D eigenvalue weighted by Crippen LogP contribution is -2.14. The maximum Gasteiger partial charge on any atom is 0.221 e. The number of thiazole rings is 1. The molecule has 0 aliphatic carbocycles. The highest BCUT2D eigenvalue weighted by Crippen LogP contribution is 2.31. The number of benzene rings is 2. The molecular formula is C19H16N4O2S2. The van der Waals surface area contributed by atoms with Gasteiger partial charge < -0.3 is 5.32 Å². The smallest absolute Gasteiger partial charge is 0.221 e. The van der Waals surface area contributed by atoms with Gasteiger partial charge in [0.15, 0.2) is 10.9 Å². The van der Waals surface area contributed by atoms with E-state index in [4.69, 9.17) is 0 Å². The van der Waals surface area contributed by atoms with Gasteiger partial charge in [0.2, 0.25) is 10.9 Å². The molecule has 8 heteroatoms. The number of thioether (sulfide) groups is 1. The van der Waals surface area contributed by atoms with Crippen molar-refractivity contribution in [2.24, 2.45) is 0 Å². The molecule has 6 nitrogen and oxygen atoms in total. The van der Waals surface area contributed by atoms with Crippen molar-refractivity contribution in [3.8, 4) is 0 Å². The Hall–Kier alpha value is -2.71. The van der Waals surface area contributed by atoms with E-state index in [0.717, 1.165) is 15.2 Å². The van der Waals surface area contributed by atoms with Crippen LogP contribution < -0.4 is 5.32 Å². The van der Waals surface area contributed by atoms with E-state index < -0.39 is 0 Å². The lowest BCUT2D eigenvalue weighted by Gasteiger charge is -2.10. The van der Waals surface area contributed by atoms with Gasteiger partial charge in [-0.3, -0.25) is 14.0 Å². The average molecular weight is 396 g/mol. The number of hydrogen-bond acceptors (Lipinski definition) is 6. The Balaban J connectivity index is 1.56. The van der Waals surface area contributed by atoms with Gasteiger partial charge in [-0.2, -0.15) is 0 Å². The summed E-state index contributed by atoms with van der Waals surface area (Å²) in [6.07, 6.45) is 0. The van der Waals surface area contributed by atoms with E-state index in [1.165, 1.54) is 18.7 Å². The summed E-state index contributed by atoms with van der Waals surface area (Å²) in [5.41, 5.74) is 2.31. The van der Waals surface area contributed by atoms with Gasteiger partial charge in [0.25, 0.3) is 0 Å². The highest BCUT2D eigenvalue weighted by Gasteiger charge is 2.21. The number of para-hydroxylation sites is 1. The summed E-state index contributed by atoms with van der Waals surface area (Å²) in [6.45, 7) is 3.32. The highest BCUT2D eigenvalue weighted by atomic mass is 32.2. The highest BCUT2D eigenvalue weighted by molar-refractivity contribution is 8.00. The fourth-order valence-electron chi connectivity index (χ4n) is 2.80. The third-order valence-corrected chi connectivity index (χ3v) is 6.11. The predicted molar refractivity (Wildman–Crippen MR) is 109 cm³/mol. The normalized spacial score (nSPS) is 12.4. The summed E-state index contributed by atoms with van der Waals surface area (Å²) in [6, 6.07) is 15.0. The van der Waals surface area contributed by atoms with Crippen LogP contribution in [0.1, 0.15) is 24.2 Å². The van der Waals surface area contributed by atoms with Gasteiger partial charge in [0.05, 0.1) is 15.5 Å². The van der Waals surface area contributed by atoms with Crippen LogP contribution in [-0.4, -0.2) is 31.5 Å². The van der Waals surface area contributed by atoms with E-state index in [9.17, 15) is 9.59 Å². The van der Waals surface area contributed by atoms with E-state index in [2.05, 4.69) is 15.5 Å². The van der Waals surface area contributed by atoms with Crippen molar-refractivity contribution in [2.45, 2.75) is 24.3 Å². The van der Waals surface area contributed by atoms with Gasteiger partial charge in [0, 0.05) is 18.2 Å². The van der Waals surface area contributed by atoms with Crippen LogP contribution in [0.15, 0.2) is 53.7 Å². The minimum atomic E-state index is -0.317. The number of hydrogen-bond donors (Lipinski definition) is 1. The molecule has 0 aliphatic rings. The molecule has 0 saturated heterocycles. The molecule has 0 aliphatic heterocycles. The van der Waals surface area contributed by atoms with Crippen molar-refractivity contribution in [3.05, 3.63) is 54.1 Å². The quantitative estimate of drug-likeness (QED) is 0.403. The number of nitrogens with one attached hydrogen (secondary N) is 1. The van der Waals surface area contributed by atoms with Crippen molar-refractivity contribution in [2.75, 3.05) is 5.32 Å². The first-order valence-electron chi connectivity index (χ1n) is 8.34. The molecule has 1 amide bonds. The standard InChI is InChI=1S/C19H16N4O2S2/c1-11(17(25)13-7-9-14(10-8-13)20-12(2)24)26-18-21-22-19-23(18)15-5-3-4-6-16(15)27-19/h3-11H,1-2H3,(H,20,24). The second-order valence-electron chi connectivity index (χ2n) is 6.05. The molecule has 1 unspecified atom stereocenters. The van der Waals surface area contributed by atoms with Gasteiger partial charge in [-0.05, 0) is 43.3 Å². The summed E-state index contributed by atoms with van der Waals surface area (Å²) in [5, 5.41) is 11.6. The molecule has 2 aromatic carbocycles. The first kappa shape index (κ1) is 17.7. The molecule has 27 heavy (non-hydrogen) atoms. The van der Waals surface area contributed by atoms with Crippen molar-refractivity contribution >= 4 is 55.7 Å². The molecule has 0 fully saturated rings. The molecule has 0 bridgehead atoms. The number of rotatable bonds is 5. The molecular weight excluding hydrogens is 380 g/mol. The minimum Gasteiger partial charge on any atom is -0.326 e. The number of carbonyl (C=O) groups excluding carboxylic acids is 2. The number of Topliss-reactive ketones (excluding diaryl/α,β-unsaturated/α-hetero) is 1. The number of anilines is 1. The van der Waals surface area contributed by atoms with E-state index in [1.54, 1.807) is 35.6 Å². The second kappa shape index (κ2) is 7.13. The SMILES string of the molecule is CC(=O)Nc1ccc(C(=O)C(C)Sc2nnc3sc4ccccc4n23)cc1. The van der Waals surface area contributed by atoms with Gasteiger partial charge in [0.1, 0.15) is 0 Å². The Labute approximate surface area is 163 Å². The average Bonchev–Trinajstić information content (AvgIpc) is 3.21. The zero-order valence-corrected chi connectivity index (χ0v) is 16.3. The maximum absolute atomic E-state index is 12.8. The number of ketones is 1. The van der Waals surface area contributed by atoms with Crippen LogP contribution in [0, 0.1) is 0 Å². The number of nitrogens with zero attached hydrogens (tertiary/aromatic N) is 3. The zero-order chi connectivity index (χ0) is 19.0. The first-order chi connectivity index (χ1) is 13.0. The van der Waals surface area contributed by atoms with Crippen LogP contribution in [-0.2, 0) is 4.79 Å². The second-order valence-corrected chi connectivity index (χ2v) is 8.37. The summed E-state index contributed by atoms with van der Waals surface area (Å²) in [7, 11) is 0. The summed E-state index contributed by atoms with van der Waals surface area (Å²) in [5.74, 6) is -0.137. The van der Waals surface area contributed by atoms with Gasteiger partial charge >= 0.3 is 0 Å². The molecule has 4 aromatic rings. The summed E-state index contributed by atoms with van der Waals surface area (Å²) < 4.78 is 3.13. The zero-order valence-electron chi connectivity index (χ0n) is 14.7. The fourth-order valence-corrected chi connectivity index (χ4v) is 4.76. The van der Waals surface area contributed by atoms with Crippen molar-refractivity contribution < 1.29 is 9.59 Å². The van der Waals surface area contributed by atoms with Crippen molar-refractivity contribution in [1.29, 1.82) is 0 Å². The molecule has 0 saturated carbocycles. The lowest BCUT2D eigenvalue weighted by atomic mass is 10.1. The summed E-state index contributed by atoms with van der Waals surface area (Å²) >= 11 is 2.97. The molecule has 1 N–H and O–H groups in total. The number of aromatic nitrogens is 3. The molecule has 0 spiro atoms. The number of fused-ring (bicyclic) bond motifs is 3. The van der Waals surface area contributed by atoms with E-state index in [1.807, 2.05) is 35.6 Å². The lowest BCUT2D eigenvalue weighted by molar-refractivity contribution is -0.114. The number of carbonyl (C=O) groups is 2. The molecule has 136 valence electrons. The van der Waals surface area contributed by atoms with Crippen molar-refractivity contribution in [3.63, 3.8) is 0 Å². The fraction of sp³-hybridized carbons (Fsp3) is 0.158. The maximum atomic E-state index is 12.8. The van der Waals surface area contributed by atoms with Crippen LogP contribution in [0.2, 0.25) is 0 Å². The van der Waals surface area contributed by atoms with Crippen LogP contribution in [0.5, 0.6) is 0 Å². The van der Waals surface area contributed by atoms with Crippen LogP contribution in [0.25, 0.3) is 15.2 Å². The van der Waals surface area contributed by atoms with Crippen LogP contribution in [0.3, 0.4) is 0 Å².